The standard InChI is InChI=1S/C12H15NOS.C5H10O.C4H10/c1-3-4-7-14-10-5-6-11-12(8-10)15-9(2)13-11;1-3-4-5(2)6;1-3-4-2/h5-6,8H,3-4,7H2,1-2H3;3-4H2,1-2H3;3-4H2,1-2H3. The summed E-state index contributed by atoms with van der Waals surface area (Å²) in [5.74, 6) is 1.25. The van der Waals surface area contributed by atoms with Gasteiger partial charge < -0.3 is 9.53 Å². The predicted octanol–water partition coefficient (Wildman–Crippen LogP) is 6.97. The molecule has 25 heavy (non-hydrogen) atoms. The molecule has 2 rings (SSSR count). The van der Waals surface area contributed by atoms with Crippen LogP contribution in [-0.4, -0.2) is 17.4 Å². The fraction of sp³-hybridized carbons (Fsp3) is 0.619. The number of hydrogen-bond acceptors (Lipinski definition) is 4. The predicted molar refractivity (Wildman–Crippen MR) is 111 cm³/mol. The number of nitrogens with zero attached hydrogens (tertiary/aromatic N) is 1. The van der Waals surface area contributed by atoms with Crippen molar-refractivity contribution in [3.8, 4) is 5.75 Å². The Bertz CT molecular complexity index is 591. The second kappa shape index (κ2) is 14.9. The lowest BCUT2D eigenvalue weighted by Crippen LogP contribution is -1.95. The Hall–Kier alpha value is -1.42. The zero-order chi connectivity index (χ0) is 19.1. The summed E-state index contributed by atoms with van der Waals surface area (Å²) in [5.41, 5.74) is 1.07. The monoisotopic (exact) mass is 365 g/mol. The van der Waals surface area contributed by atoms with Gasteiger partial charge in [0.15, 0.2) is 0 Å². The molecule has 0 atom stereocenters. The van der Waals surface area contributed by atoms with Crippen molar-refractivity contribution in [2.45, 2.75) is 80.1 Å². The minimum absolute atomic E-state index is 0.289. The number of benzene rings is 1. The second-order valence-corrected chi connectivity index (χ2v) is 7.25. The Balaban J connectivity index is 0.000000481. The molecule has 0 radical (unpaired) electrons. The lowest BCUT2D eigenvalue weighted by Gasteiger charge is -2.04. The molecular formula is C21H35NO2S. The van der Waals surface area contributed by atoms with Crippen LogP contribution in [0.25, 0.3) is 10.2 Å². The number of aryl methyl sites for hydroxylation is 1. The Kier molecular flexibility index (Phi) is 14.0. The van der Waals surface area contributed by atoms with Crippen molar-refractivity contribution in [1.29, 1.82) is 0 Å². The van der Waals surface area contributed by atoms with Crippen LogP contribution in [-0.2, 0) is 4.79 Å². The number of rotatable bonds is 7. The summed E-state index contributed by atoms with van der Waals surface area (Å²) in [6.07, 6.45) is 6.64. The number of aromatic nitrogens is 1. The van der Waals surface area contributed by atoms with Crippen molar-refractivity contribution in [3.63, 3.8) is 0 Å². The summed E-state index contributed by atoms with van der Waals surface area (Å²) >= 11 is 1.71. The maximum Gasteiger partial charge on any atom is 0.129 e. The number of ether oxygens (including phenoxy) is 1. The Morgan fingerprint density at radius 2 is 1.76 bits per heavy atom. The molecule has 0 unspecified atom stereocenters. The van der Waals surface area contributed by atoms with Gasteiger partial charge in [-0.25, -0.2) is 4.98 Å². The van der Waals surface area contributed by atoms with Gasteiger partial charge in [0.1, 0.15) is 11.5 Å². The van der Waals surface area contributed by atoms with E-state index in [2.05, 4.69) is 31.8 Å². The highest BCUT2D eigenvalue weighted by molar-refractivity contribution is 7.18. The van der Waals surface area contributed by atoms with Gasteiger partial charge >= 0.3 is 0 Å². The highest BCUT2D eigenvalue weighted by Gasteiger charge is 2.01. The Morgan fingerprint density at radius 1 is 1.08 bits per heavy atom. The fourth-order valence-corrected chi connectivity index (χ4v) is 2.65. The molecule has 1 aromatic carbocycles. The first kappa shape index (κ1) is 23.6. The van der Waals surface area contributed by atoms with E-state index in [4.69, 9.17) is 4.74 Å². The average Bonchev–Trinajstić information content (AvgIpc) is 2.95. The lowest BCUT2D eigenvalue weighted by atomic mass is 10.3. The molecule has 2 aromatic rings. The van der Waals surface area contributed by atoms with Gasteiger partial charge in [-0.1, -0.05) is 47.0 Å². The third-order valence-electron chi connectivity index (χ3n) is 3.34. The molecule has 1 heterocycles. The number of carbonyl (C=O) groups excluding carboxylic acids is 1. The number of ketones is 1. The van der Waals surface area contributed by atoms with E-state index in [0.29, 0.717) is 0 Å². The first-order chi connectivity index (χ1) is 12.0. The summed E-state index contributed by atoms with van der Waals surface area (Å²) in [7, 11) is 0. The highest BCUT2D eigenvalue weighted by atomic mass is 32.1. The van der Waals surface area contributed by atoms with Crippen LogP contribution in [0.2, 0.25) is 0 Å². The topological polar surface area (TPSA) is 39.2 Å². The van der Waals surface area contributed by atoms with Crippen LogP contribution in [0.15, 0.2) is 18.2 Å². The lowest BCUT2D eigenvalue weighted by molar-refractivity contribution is -0.117. The van der Waals surface area contributed by atoms with E-state index in [-0.39, 0.29) is 5.78 Å². The number of thiazole rings is 1. The van der Waals surface area contributed by atoms with Crippen molar-refractivity contribution in [2.75, 3.05) is 6.61 Å². The molecule has 142 valence electrons. The third-order valence-corrected chi connectivity index (χ3v) is 4.27. The van der Waals surface area contributed by atoms with Crippen LogP contribution in [0.4, 0.5) is 0 Å². The SMILES string of the molecule is CCCC.CCCC(C)=O.CCCCOc1ccc2nc(C)sc2c1. The summed E-state index contributed by atoms with van der Waals surface area (Å²) in [4.78, 5) is 14.5. The van der Waals surface area contributed by atoms with E-state index in [0.717, 1.165) is 42.1 Å². The minimum atomic E-state index is 0.289. The van der Waals surface area contributed by atoms with Crippen molar-refractivity contribution >= 4 is 27.3 Å². The molecule has 0 saturated carbocycles. The first-order valence-corrected chi connectivity index (χ1v) is 10.3. The zero-order valence-corrected chi connectivity index (χ0v) is 17.7. The summed E-state index contributed by atoms with van der Waals surface area (Å²) in [5, 5.41) is 1.11. The second-order valence-electron chi connectivity index (χ2n) is 6.02. The van der Waals surface area contributed by atoms with E-state index < -0.39 is 0 Å². The molecule has 1 aromatic heterocycles. The summed E-state index contributed by atoms with van der Waals surface area (Å²) in [6, 6.07) is 6.10. The van der Waals surface area contributed by atoms with E-state index in [1.165, 1.54) is 24.0 Å². The van der Waals surface area contributed by atoms with Crippen molar-refractivity contribution in [3.05, 3.63) is 23.2 Å². The molecule has 0 bridgehead atoms. The van der Waals surface area contributed by atoms with Crippen LogP contribution in [0, 0.1) is 6.92 Å². The van der Waals surface area contributed by atoms with E-state index in [1.807, 2.05) is 26.0 Å². The maximum absolute atomic E-state index is 10.0. The number of hydrogen-bond donors (Lipinski definition) is 0. The van der Waals surface area contributed by atoms with E-state index >= 15 is 0 Å². The number of fused-ring (bicyclic) bond motifs is 1. The highest BCUT2D eigenvalue weighted by Crippen LogP contribution is 2.25. The molecule has 4 heteroatoms. The van der Waals surface area contributed by atoms with Crippen molar-refractivity contribution < 1.29 is 9.53 Å². The molecule has 0 saturated heterocycles. The summed E-state index contributed by atoms with van der Waals surface area (Å²) in [6.45, 7) is 13.0. The van der Waals surface area contributed by atoms with Gasteiger partial charge in [0.25, 0.3) is 0 Å². The van der Waals surface area contributed by atoms with Gasteiger partial charge in [0.05, 0.1) is 21.8 Å². The normalized spacial score (nSPS) is 9.68. The Labute approximate surface area is 157 Å². The minimum Gasteiger partial charge on any atom is -0.494 e. The van der Waals surface area contributed by atoms with Crippen LogP contribution < -0.4 is 4.74 Å². The quantitative estimate of drug-likeness (QED) is 0.497. The number of Topliss-reactive ketones (excluding diaryl/α,β-unsaturated/α-hetero) is 1. The van der Waals surface area contributed by atoms with Crippen LogP contribution in [0.1, 0.15) is 78.2 Å². The van der Waals surface area contributed by atoms with Gasteiger partial charge in [-0.2, -0.15) is 0 Å². The summed E-state index contributed by atoms with van der Waals surface area (Å²) < 4.78 is 6.85. The molecule has 0 aliphatic carbocycles. The maximum atomic E-state index is 10.0. The largest absolute Gasteiger partial charge is 0.494 e. The molecule has 0 aliphatic heterocycles. The zero-order valence-electron chi connectivity index (χ0n) is 16.9. The first-order valence-electron chi connectivity index (χ1n) is 9.47. The smallest absolute Gasteiger partial charge is 0.129 e. The average molecular weight is 366 g/mol. The number of carbonyl (C=O) groups is 1. The molecule has 0 fully saturated rings. The van der Waals surface area contributed by atoms with E-state index in [1.54, 1.807) is 18.3 Å². The molecular weight excluding hydrogens is 330 g/mol. The van der Waals surface area contributed by atoms with Crippen LogP contribution >= 0.6 is 11.3 Å². The molecule has 0 aliphatic rings. The van der Waals surface area contributed by atoms with Gasteiger partial charge in [-0.3, -0.25) is 0 Å². The van der Waals surface area contributed by atoms with E-state index in [9.17, 15) is 4.79 Å². The van der Waals surface area contributed by atoms with Crippen LogP contribution in [0.5, 0.6) is 5.75 Å². The molecule has 0 amide bonds. The third kappa shape index (κ3) is 11.7. The van der Waals surface area contributed by atoms with Crippen LogP contribution in [0.3, 0.4) is 0 Å². The Morgan fingerprint density at radius 3 is 2.24 bits per heavy atom. The van der Waals surface area contributed by atoms with Gasteiger partial charge in [0.2, 0.25) is 0 Å². The van der Waals surface area contributed by atoms with Gasteiger partial charge in [0, 0.05) is 6.42 Å². The number of unbranched alkanes of at least 4 members (excludes halogenated alkanes) is 2. The fourth-order valence-electron chi connectivity index (χ4n) is 1.80. The van der Waals surface area contributed by atoms with Crippen molar-refractivity contribution in [2.24, 2.45) is 0 Å². The van der Waals surface area contributed by atoms with Crippen molar-refractivity contribution in [1.82, 2.24) is 4.98 Å². The molecule has 0 N–H and O–H groups in total. The van der Waals surface area contributed by atoms with Gasteiger partial charge in [-0.05, 0) is 44.9 Å². The molecule has 3 nitrogen and oxygen atoms in total. The molecule has 0 spiro atoms. The van der Waals surface area contributed by atoms with Gasteiger partial charge in [-0.15, -0.1) is 11.3 Å².